The summed E-state index contributed by atoms with van der Waals surface area (Å²) in [4.78, 5) is 0. The van der Waals surface area contributed by atoms with Gasteiger partial charge in [0.1, 0.15) is 5.75 Å². The van der Waals surface area contributed by atoms with Gasteiger partial charge in [0.05, 0.1) is 19.0 Å². The number of hydrogen-bond donors (Lipinski definition) is 0. The normalized spacial score (nSPS) is 17.7. The largest absolute Gasteiger partial charge is 0.493 e. The summed E-state index contributed by atoms with van der Waals surface area (Å²) < 4.78 is 37.2. The average molecular weight is 396 g/mol. The SMILES string of the molecule is CS(=O)(=O)N(Cc1cccc(OCCc2ccsc2)c1)C[C@@H]1CCCO1. The van der Waals surface area contributed by atoms with E-state index in [0.29, 0.717) is 19.7 Å². The van der Waals surface area contributed by atoms with Crippen LogP contribution < -0.4 is 4.74 Å². The molecule has 1 atom stereocenters. The minimum atomic E-state index is -3.30. The molecule has 0 spiro atoms. The van der Waals surface area contributed by atoms with Gasteiger partial charge in [-0.3, -0.25) is 0 Å². The van der Waals surface area contributed by atoms with Crippen molar-refractivity contribution in [3.8, 4) is 5.75 Å². The summed E-state index contributed by atoms with van der Waals surface area (Å²) in [5, 5.41) is 4.18. The zero-order valence-corrected chi connectivity index (χ0v) is 16.6. The maximum atomic E-state index is 12.2. The van der Waals surface area contributed by atoms with E-state index in [1.165, 1.54) is 16.1 Å². The summed E-state index contributed by atoms with van der Waals surface area (Å²) in [6.07, 6.45) is 4.02. The van der Waals surface area contributed by atoms with E-state index in [1.54, 1.807) is 11.3 Å². The van der Waals surface area contributed by atoms with Crippen molar-refractivity contribution in [1.29, 1.82) is 0 Å². The molecule has 1 saturated heterocycles. The molecule has 7 heteroatoms. The maximum absolute atomic E-state index is 12.2. The van der Waals surface area contributed by atoms with Crippen molar-refractivity contribution in [2.75, 3.05) is 26.0 Å². The Labute approximate surface area is 159 Å². The first-order valence-corrected chi connectivity index (χ1v) is 11.6. The van der Waals surface area contributed by atoms with Crippen LogP contribution in [0.1, 0.15) is 24.0 Å². The molecule has 3 rings (SSSR count). The Morgan fingerprint density at radius 1 is 1.31 bits per heavy atom. The van der Waals surface area contributed by atoms with E-state index < -0.39 is 10.0 Å². The van der Waals surface area contributed by atoms with Gasteiger partial charge in [0.25, 0.3) is 0 Å². The molecular formula is C19H25NO4S2. The number of nitrogens with zero attached hydrogens (tertiary/aromatic N) is 1. The van der Waals surface area contributed by atoms with Gasteiger partial charge in [0.15, 0.2) is 0 Å². The molecule has 0 aliphatic carbocycles. The topological polar surface area (TPSA) is 55.8 Å². The van der Waals surface area contributed by atoms with E-state index in [4.69, 9.17) is 9.47 Å². The number of ether oxygens (including phenoxy) is 2. The molecule has 1 fully saturated rings. The Bertz CT molecular complexity index is 784. The zero-order valence-electron chi connectivity index (χ0n) is 15.0. The third-order valence-corrected chi connectivity index (χ3v) is 6.35. The van der Waals surface area contributed by atoms with Gasteiger partial charge in [-0.2, -0.15) is 15.6 Å². The van der Waals surface area contributed by atoms with Crippen molar-refractivity contribution >= 4 is 21.4 Å². The highest BCUT2D eigenvalue weighted by molar-refractivity contribution is 7.88. The molecule has 0 bridgehead atoms. The molecule has 0 N–H and O–H groups in total. The Hall–Kier alpha value is -1.41. The lowest BCUT2D eigenvalue weighted by Gasteiger charge is -2.23. The molecule has 1 aromatic heterocycles. The maximum Gasteiger partial charge on any atom is 0.211 e. The summed E-state index contributed by atoms with van der Waals surface area (Å²) in [5.41, 5.74) is 2.19. The summed E-state index contributed by atoms with van der Waals surface area (Å²) in [6.45, 7) is 2.06. The Balaban J connectivity index is 1.59. The van der Waals surface area contributed by atoms with E-state index in [0.717, 1.165) is 37.2 Å². The van der Waals surface area contributed by atoms with Gasteiger partial charge in [0.2, 0.25) is 10.0 Å². The van der Waals surface area contributed by atoms with E-state index in [1.807, 2.05) is 24.3 Å². The van der Waals surface area contributed by atoms with Crippen LogP contribution in [0.25, 0.3) is 0 Å². The van der Waals surface area contributed by atoms with Gasteiger partial charge >= 0.3 is 0 Å². The van der Waals surface area contributed by atoms with Crippen molar-refractivity contribution in [1.82, 2.24) is 4.31 Å². The number of benzene rings is 1. The van der Waals surface area contributed by atoms with E-state index in [-0.39, 0.29) is 6.10 Å². The van der Waals surface area contributed by atoms with Crippen molar-refractivity contribution in [2.24, 2.45) is 0 Å². The van der Waals surface area contributed by atoms with Crippen LogP contribution in [-0.4, -0.2) is 44.8 Å². The predicted octanol–water partition coefficient (Wildman–Crippen LogP) is 3.31. The van der Waals surface area contributed by atoms with Crippen LogP contribution in [0.2, 0.25) is 0 Å². The first kappa shape index (κ1) is 19.4. The van der Waals surface area contributed by atoms with E-state index in [2.05, 4.69) is 16.8 Å². The first-order chi connectivity index (χ1) is 12.5. The lowest BCUT2D eigenvalue weighted by molar-refractivity contribution is 0.0927. The minimum absolute atomic E-state index is 0.00484. The van der Waals surface area contributed by atoms with Crippen LogP contribution in [-0.2, 0) is 27.7 Å². The third-order valence-electron chi connectivity index (χ3n) is 4.40. The van der Waals surface area contributed by atoms with Crippen molar-refractivity contribution in [3.63, 3.8) is 0 Å². The highest BCUT2D eigenvalue weighted by Crippen LogP contribution is 2.20. The Kier molecular flexibility index (Phi) is 6.69. The average Bonchev–Trinajstić information content (AvgIpc) is 3.27. The van der Waals surface area contributed by atoms with Crippen LogP contribution in [0.3, 0.4) is 0 Å². The molecule has 26 heavy (non-hydrogen) atoms. The Morgan fingerprint density at radius 3 is 2.88 bits per heavy atom. The number of rotatable bonds is 9. The van der Waals surface area contributed by atoms with E-state index >= 15 is 0 Å². The number of sulfonamides is 1. The molecule has 5 nitrogen and oxygen atoms in total. The fourth-order valence-corrected chi connectivity index (χ4v) is 4.52. The van der Waals surface area contributed by atoms with Gasteiger partial charge < -0.3 is 9.47 Å². The smallest absolute Gasteiger partial charge is 0.211 e. The minimum Gasteiger partial charge on any atom is -0.493 e. The molecule has 1 aliphatic heterocycles. The lowest BCUT2D eigenvalue weighted by Crippen LogP contribution is -2.36. The van der Waals surface area contributed by atoms with Gasteiger partial charge in [-0.15, -0.1) is 0 Å². The molecule has 0 amide bonds. The molecule has 1 aliphatic rings. The molecule has 0 saturated carbocycles. The second-order valence-corrected chi connectivity index (χ2v) is 9.33. The fraction of sp³-hybridized carbons (Fsp3) is 0.474. The Morgan fingerprint density at radius 2 is 2.19 bits per heavy atom. The van der Waals surface area contributed by atoms with Crippen molar-refractivity contribution in [3.05, 3.63) is 52.2 Å². The van der Waals surface area contributed by atoms with Crippen LogP contribution in [0.4, 0.5) is 0 Å². The van der Waals surface area contributed by atoms with Crippen LogP contribution >= 0.6 is 11.3 Å². The molecule has 0 radical (unpaired) electrons. The van der Waals surface area contributed by atoms with Crippen molar-refractivity contribution in [2.45, 2.75) is 31.9 Å². The molecule has 2 heterocycles. The highest BCUT2D eigenvalue weighted by atomic mass is 32.2. The molecule has 1 aromatic carbocycles. The van der Waals surface area contributed by atoms with Gasteiger partial charge in [-0.25, -0.2) is 8.42 Å². The summed E-state index contributed by atoms with van der Waals surface area (Å²) in [5.74, 6) is 0.767. The van der Waals surface area contributed by atoms with Gasteiger partial charge in [0, 0.05) is 26.1 Å². The van der Waals surface area contributed by atoms with Crippen LogP contribution in [0.5, 0.6) is 5.75 Å². The van der Waals surface area contributed by atoms with Gasteiger partial charge in [-0.05, 0) is 52.9 Å². The number of thiophene rings is 1. The fourth-order valence-electron chi connectivity index (χ4n) is 2.99. The predicted molar refractivity (Wildman–Crippen MR) is 104 cm³/mol. The van der Waals surface area contributed by atoms with Crippen LogP contribution in [0, 0.1) is 0 Å². The molecule has 0 unspecified atom stereocenters. The lowest BCUT2D eigenvalue weighted by atomic mass is 10.2. The quantitative estimate of drug-likeness (QED) is 0.654. The summed E-state index contributed by atoms with van der Waals surface area (Å²) in [6, 6.07) is 9.75. The monoisotopic (exact) mass is 395 g/mol. The van der Waals surface area contributed by atoms with Crippen molar-refractivity contribution < 1.29 is 17.9 Å². The second-order valence-electron chi connectivity index (χ2n) is 6.57. The highest BCUT2D eigenvalue weighted by Gasteiger charge is 2.24. The third kappa shape index (κ3) is 5.81. The summed E-state index contributed by atoms with van der Waals surface area (Å²) >= 11 is 1.68. The van der Waals surface area contributed by atoms with Crippen LogP contribution in [0.15, 0.2) is 41.1 Å². The zero-order chi connectivity index (χ0) is 18.4. The first-order valence-electron chi connectivity index (χ1n) is 8.80. The van der Waals surface area contributed by atoms with E-state index in [9.17, 15) is 8.42 Å². The van der Waals surface area contributed by atoms with Gasteiger partial charge in [-0.1, -0.05) is 12.1 Å². The molecule has 142 valence electrons. The second kappa shape index (κ2) is 8.99. The number of hydrogen-bond acceptors (Lipinski definition) is 5. The summed E-state index contributed by atoms with van der Waals surface area (Å²) in [7, 11) is -3.30. The molecular weight excluding hydrogens is 370 g/mol. The standard InChI is InChI=1S/C19H25NO4S2/c1-26(21,22)20(14-19-6-3-9-23-19)13-17-4-2-5-18(12-17)24-10-7-16-8-11-25-15-16/h2,4-5,8,11-12,15,19H,3,6-7,9-10,13-14H2,1H3/t19-/m0/s1. The molecule has 2 aromatic rings.